The Morgan fingerprint density at radius 3 is 2.85 bits per heavy atom. The minimum atomic E-state index is -0.0947. The van der Waals surface area contributed by atoms with Crippen molar-refractivity contribution in [2.24, 2.45) is 5.92 Å². The molecule has 0 saturated carbocycles. The normalized spacial score (nSPS) is 21.2. The van der Waals surface area contributed by atoms with Gasteiger partial charge in [0.15, 0.2) is 0 Å². The maximum absolute atomic E-state index is 14.0. The smallest absolute Gasteiger partial charge is 0.128 e. The predicted octanol–water partition coefficient (Wildman–Crippen LogP) is 3.60. The number of rotatable bonds is 7. The van der Waals surface area contributed by atoms with E-state index in [1.165, 1.54) is 25.8 Å². The van der Waals surface area contributed by atoms with E-state index in [1.807, 2.05) is 12.1 Å². The molecule has 1 fully saturated rings. The van der Waals surface area contributed by atoms with Crippen molar-refractivity contribution in [1.82, 2.24) is 10.2 Å². The summed E-state index contributed by atoms with van der Waals surface area (Å²) in [6.07, 6.45) is 3.88. The van der Waals surface area contributed by atoms with Gasteiger partial charge in [-0.1, -0.05) is 38.5 Å². The Kier molecular flexibility index (Phi) is 5.99. The van der Waals surface area contributed by atoms with Gasteiger partial charge in [-0.15, -0.1) is 0 Å². The zero-order valence-corrected chi connectivity index (χ0v) is 12.7. The molecule has 0 spiro atoms. The molecule has 1 saturated heterocycles. The van der Waals surface area contributed by atoms with Gasteiger partial charge in [0.2, 0.25) is 0 Å². The quantitative estimate of drug-likeness (QED) is 0.820. The molecule has 2 nitrogen and oxygen atoms in total. The Labute approximate surface area is 122 Å². The van der Waals surface area contributed by atoms with Gasteiger partial charge in [-0.25, -0.2) is 4.39 Å². The standard InChI is InChI=1S/C17H27FN2/c1-3-7-14-10-11-20(12-14)13-17(19-4-2)15-8-5-6-9-16(15)18/h5-6,8-9,14,17,19H,3-4,7,10-13H2,1-2H3. The maximum atomic E-state index is 14.0. The van der Waals surface area contributed by atoms with Crippen molar-refractivity contribution >= 4 is 0 Å². The van der Waals surface area contributed by atoms with Crippen molar-refractivity contribution in [2.45, 2.75) is 39.2 Å². The molecule has 1 aromatic carbocycles. The van der Waals surface area contributed by atoms with E-state index < -0.39 is 0 Å². The number of halogens is 1. The third-order valence-electron chi connectivity index (χ3n) is 4.24. The molecule has 2 rings (SSSR count). The van der Waals surface area contributed by atoms with E-state index in [2.05, 4.69) is 24.1 Å². The van der Waals surface area contributed by atoms with Crippen LogP contribution >= 0.6 is 0 Å². The summed E-state index contributed by atoms with van der Waals surface area (Å²) < 4.78 is 14.0. The highest BCUT2D eigenvalue weighted by molar-refractivity contribution is 5.21. The van der Waals surface area contributed by atoms with E-state index in [9.17, 15) is 4.39 Å². The summed E-state index contributed by atoms with van der Waals surface area (Å²) in [5.74, 6) is 0.741. The molecule has 20 heavy (non-hydrogen) atoms. The van der Waals surface area contributed by atoms with E-state index in [1.54, 1.807) is 12.1 Å². The molecule has 1 aliphatic rings. The summed E-state index contributed by atoms with van der Waals surface area (Å²) in [5, 5.41) is 3.43. The summed E-state index contributed by atoms with van der Waals surface area (Å²) in [6.45, 7) is 8.44. The Morgan fingerprint density at radius 1 is 1.35 bits per heavy atom. The van der Waals surface area contributed by atoms with Crippen LogP contribution in [-0.2, 0) is 0 Å². The average molecular weight is 278 g/mol. The van der Waals surface area contributed by atoms with Gasteiger partial charge in [0.1, 0.15) is 5.82 Å². The van der Waals surface area contributed by atoms with Crippen molar-refractivity contribution in [1.29, 1.82) is 0 Å². The highest BCUT2D eigenvalue weighted by Crippen LogP contribution is 2.24. The van der Waals surface area contributed by atoms with Gasteiger partial charge in [0.05, 0.1) is 0 Å². The average Bonchev–Trinajstić information content (AvgIpc) is 2.87. The number of likely N-dealkylation sites (N-methyl/N-ethyl adjacent to an activating group) is 1. The Bertz CT molecular complexity index is 408. The number of benzene rings is 1. The Hall–Kier alpha value is -0.930. The number of nitrogens with one attached hydrogen (secondary N) is 1. The molecule has 0 bridgehead atoms. The van der Waals surface area contributed by atoms with Crippen LogP contribution in [0.5, 0.6) is 0 Å². The monoisotopic (exact) mass is 278 g/mol. The summed E-state index contributed by atoms with van der Waals surface area (Å²) >= 11 is 0. The number of likely N-dealkylation sites (tertiary alicyclic amines) is 1. The van der Waals surface area contributed by atoms with Gasteiger partial charge in [-0.3, -0.25) is 0 Å². The molecule has 0 amide bonds. The molecule has 2 atom stereocenters. The number of hydrogen-bond acceptors (Lipinski definition) is 2. The van der Waals surface area contributed by atoms with Crippen LogP contribution < -0.4 is 5.32 Å². The molecular formula is C17H27FN2. The van der Waals surface area contributed by atoms with Crippen molar-refractivity contribution in [2.75, 3.05) is 26.2 Å². The molecular weight excluding hydrogens is 251 g/mol. The van der Waals surface area contributed by atoms with Crippen LogP contribution in [0.3, 0.4) is 0 Å². The van der Waals surface area contributed by atoms with Crippen LogP contribution in [0, 0.1) is 11.7 Å². The van der Waals surface area contributed by atoms with Crippen LogP contribution in [-0.4, -0.2) is 31.1 Å². The van der Waals surface area contributed by atoms with Crippen molar-refractivity contribution in [3.8, 4) is 0 Å². The van der Waals surface area contributed by atoms with Crippen LogP contribution in [0.15, 0.2) is 24.3 Å². The number of nitrogens with zero attached hydrogens (tertiary/aromatic N) is 1. The lowest BCUT2D eigenvalue weighted by Crippen LogP contribution is -2.34. The number of hydrogen-bond donors (Lipinski definition) is 1. The van der Waals surface area contributed by atoms with Gasteiger partial charge in [0, 0.05) is 24.7 Å². The molecule has 1 aromatic rings. The summed E-state index contributed by atoms with van der Waals surface area (Å²) in [4.78, 5) is 2.49. The van der Waals surface area contributed by atoms with Crippen LogP contribution in [0.1, 0.15) is 44.7 Å². The molecule has 1 N–H and O–H groups in total. The van der Waals surface area contributed by atoms with Gasteiger partial charge < -0.3 is 10.2 Å². The van der Waals surface area contributed by atoms with E-state index in [0.29, 0.717) is 0 Å². The minimum Gasteiger partial charge on any atom is -0.309 e. The zero-order valence-electron chi connectivity index (χ0n) is 12.7. The first kappa shape index (κ1) is 15.5. The summed E-state index contributed by atoms with van der Waals surface area (Å²) in [6, 6.07) is 7.24. The SMILES string of the molecule is CCCC1CCN(CC(NCC)c2ccccc2F)C1. The fourth-order valence-electron chi connectivity index (χ4n) is 3.26. The highest BCUT2D eigenvalue weighted by Gasteiger charge is 2.25. The lowest BCUT2D eigenvalue weighted by Gasteiger charge is -2.25. The molecule has 1 heterocycles. The van der Waals surface area contributed by atoms with Gasteiger partial charge in [-0.05, 0) is 37.9 Å². The largest absolute Gasteiger partial charge is 0.309 e. The molecule has 0 aromatic heterocycles. The van der Waals surface area contributed by atoms with Crippen LogP contribution in [0.4, 0.5) is 4.39 Å². The van der Waals surface area contributed by atoms with Gasteiger partial charge in [0.25, 0.3) is 0 Å². The molecule has 2 unspecified atom stereocenters. The highest BCUT2D eigenvalue weighted by atomic mass is 19.1. The van der Waals surface area contributed by atoms with Crippen molar-refractivity contribution in [3.05, 3.63) is 35.6 Å². The zero-order chi connectivity index (χ0) is 14.4. The fraction of sp³-hybridized carbons (Fsp3) is 0.647. The molecule has 112 valence electrons. The van der Waals surface area contributed by atoms with Crippen molar-refractivity contribution < 1.29 is 4.39 Å². The van der Waals surface area contributed by atoms with Crippen LogP contribution in [0.25, 0.3) is 0 Å². The van der Waals surface area contributed by atoms with Crippen LogP contribution in [0.2, 0.25) is 0 Å². The second-order valence-electron chi connectivity index (χ2n) is 5.83. The maximum Gasteiger partial charge on any atom is 0.128 e. The molecule has 3 heteroatoms. The molecule has 0 aliphatic carbocycles. The summed E-state index contributed by atoms with van der Waals surface area (Å²) in [7, 11) is 0. The van der Waals surface area contributed by atoms with E-state index in [4.69, 9.17) is 0 Å². The third kappa shape index (κ3) is 4.03. The topological polar surface area (TPSA) is 15.3 Å². The first-order valence-corrected chi connectivity index (χ1v) is 7.94. The first-order chi connectivity index (χ1) is 9.74. The van der Waals surface area contributed by atoms with E-state index >= 15 is 0 Å². The van der Waals surface area contributed by atoms with E-state index in [0.717, 1.165) is 31.1 Å². The Balaban J connectivity index is 1.98. The molecule has 1 aliphatic heterocycles. The predicted molar refractivity (Wildman–Crippen MR) is 82.3 cm³/mol. The Morgan fingerprint density at radius 2 is 2.15 bits per heavy atom. The lowest BCUT2D eigenvalue weighted by atomic mass is 10.0. The van der Waals surface area contributed by atoms with Gasteiger partial charge in [-0.2, -0.15) is 0 Å². The van der Waals surface area contributed by atoms with Gasteiger partial charge >= 0.3 is 0 Å². The second kappa shape index (κ2) is 7.75. The second-order valence-corrected chi connectivity index (χ2v) is 5.83. The van der Waals surface area contributed by atoms with E-state index in [-0.39, 0.29) is 11.9 Å². The lowest BCUT2D eigenvalue weighted by molar-refractivity contribution is 0.279. The first-order valence-electron chi connectivity index (χ1n) is 7.94. The minimum absolute atomic E-state index is 0.0947. The summed E-state index contributed by atoms with van der Waals surface area (Å²) in [5.41, 5.74) is 0.799. The van der Waals surface area contributed by atoms with Crippen molar-refractivity contribution in [3.63, 3.8) is 0 Å². The third-order valence-corrected chi connectivity index (χ3v) is 4.24. The fourth-order valence-corrected chi connectivity index (χ4v) is 3.26. The molecule has 0 radical (unpaired) electrons.